The highest BCUT2D eigenvalue weighted by molar-refractivity contribution is 7.99. The number of halogens is 1. The van der Waals surface area contributed by atoms with Gasteiger partial charge < -0.3 is 0 Å². The first kappa shape index (κ1) is 18.1. The van der Waals surface area contributed by atoms with Gasteiger partial charge in [-0.15, -0.1) is 11.8 Å². The monoisotopic (exact) mass is 394 g/mol. The van der Waals surface area contributed by atoms with Gasteiger partial charge in [0, 0.05) is 16.3 Å². The van der Waals surface area contributed by atoms with Gasteiger partial charge in [-0.05, 0) is 52.4 Å². The molecule has 3 aromatic carbocycles. The molecule has 1 aliphatic carbocycles. The molecule has 0 fully saturated rings. The average molecular weight is 395 g/mol. The van der Waals surface area contributed by atoms with Crippen molar-refractivity contribution in [1.29, 1.82) is 0 Å². The molecule has 4 rings (SSSR count). The second-order valence-corrected chi connectivity index (χ2v) is 7.99. The summed E-state index contributed by atoms with van der Waals surface area (Å²) < 4.78 is 0. The molecule has 3 aromatic rings. The molecule has 1 N–H and O–H groups in total. The summed E-state index contributed by atoms with van der Waals surface area (Å²) in [6.45, 7) is 0. The van der Waals surface area contributed by atoms with Crippen LogP contribution < -0.4 is 5.43 Å². The summed E-state index contributed by atoms with van der Waals surface area (Å²) in [4.78, 5) is 12.0. The van der Waals surface area contributed by atoms with Gasteiger partial charge in [0.25, 0.3) is 0 Å². The van der Waals surface area contributed by atoms with Crippen LogP contribution in [0.4, 0.5) is 0 Å². The van der Waals surface area contributed by atoms with E-state index in [2.05, 4.69) is 40.9 Å². The van der Waals surface area contributed by atoms with Crippen LogP contribution in [0.5, 0.6) is 0 Å². The Balaban J connectivity index is 1.33. The number of nitrogens with zero attached hydrogens (tertiary/aromatic N) is 1. The zero-order valence-corrected chi connectivity index (χ0v) is 16.3. The minimum Gasteiger partial charge on any atom is -0.272 e. The summed E-state index contributed by atoms with van der Waals surface area (Å²) >= 11 is 7.43. The van der Waals surface area contributed by atoms with Crippen molar-refractivity contribution in [2.75, 3.05) is 5.75 Å². The topological polar surface area (TPSA) is 41.5 Å². The lowest BCUT2D eigenvalue weighted by Crippen LogP contribution is -2.19. The molecule has 0 unspecified atom stereocenters. The van der Waals surface area contributed by atoms with Crippen LogP contribution in [0.3, 0.4) is 0 Å². The molecular weight excluding hydrogens is 376 g/mol. The van der Waals surface area contributed by atoms with Crippen LogP contribution >= 0.6 is 23.4 Å². The Bertz CT molecular complexity index is 1000. The van der Waals surface area contributed by atoms with Crippen LogP contribution in [0.25, 0.3) is 10.8 Å². The van der Waals surface area contributed by atoms with Crippen molar-refractivity contribution in [1.82, 2.24) is 5.43 Å². The lowest BCUT2D eigenvalue weighted by atomic mass is 10.0. The van der Waals surface area contributed by atoms with Gasteiger partial charge in [0.2, 0.25) is 5.91 Å². The molecule has 3 nitrogen and oxygen atoms in total. The van der Waals surface area contributed by atoms with Crippen molar-refractivity contribution in [2.45, 2.75) is 18.6 Å². The third-order valence-electron chi connectivity index (χ3n) is 4.72. The first-order valence-corrected chi connectivity index (χ1v) is 10.4. The van der Waals surface area contributed by atoms with E-state index in [4.69, 9.17) is 11.6 Å². The van der Waals surface area contributed by atoms with E-state index in [1.54, 1.807) is 18.0 Å². The molecule has 1 aliphatic rings. The van der Waals surface area contributed by atoms with E-state index in [0.717, 1.165) is 34.7 Å². The number of amides is 1. The minimum atomic E-state index is -0.101. The fourth-order valence-corrected chi connectivity index (χ4v) is 4.34. The van der Waals surface area contributed by atoms with Crippen LogP contribution in [0.15, 0.2) is 59.7 Å². The van der Waals surface area contributed by atoms with Gasteiger partial charge >= 0.3 is 0 Å². The molecular formula is C22H19ClN2OS. The summed E-state index contributed by atoms with van der Waals surface area (Å²) in [6.07, 6.45) is 3.95. The number of aryl methyl sites for hydroxylation is 2. The molecule has 0 aliphatic heterocycles. The maximum absolute atomic E-state index is 12.0. The van der Waals surface area contributed by atoms with E-state index in [1.807, 2.05) is 24.3 Å². The van der Waals surface area contributed by atoms with Crippen molar-refractivity contribution in [2.24, 2.45) is 5.10 Å². The Morgan fingerprint density at radius 1 is 1.07 bits per heavy atom. The maximum atomic E-state index is 12.0. The molecule has 136 valence electrons. The van der Waals surface area contributed by atoms with Crippen molar-refractivity contribution in [3.8, 4) is 0 Å². The van der Waals surface area contributed by atoms with Gasteiger partial charge in [-0.3, -0.25) is 4.79 Å². The zero-order chi connectivity index (χ0) is 18.6. The normalized spacial score (nSPS) is 12.8. The molecule has 0 aromatic heterocycles. The molecule has 0 atom stereocenters. The summed E-state index contributed by atoms with van der Waals surface area (Å²) in [6, 6.07) is 18.3. The van der Waals surface area contributed by atoms with Crippen LogP contribution in [0.1, 0.15) is 22.3 Å². The zero-order valence-electron chi connectivity index (χ0n) is 14.7. The number of hydrazone groups is 1. The number of hydrogen-bond donors (Lipinski definition) is 1. The molecule has 0 spiro atoms. The van der Waals surface area contributed by atoms with Gasteiger partial charge in [-0.1, -0.05) is 54.1 Å². The van der Waals surface area contributed by atoms with Gasteiger partial charge in [-0.2, -0.15) is 5.10 Å². The highest BCUT2D eigenvalue weighted by Crippen LogP contribution is 2.32. The Morgan fingerprint density at radius 2 is 1.85 bits per heavy atom. The first-order chi connectivity index (χ1) is 13.2. The third-order valence-corrected chi connectivity index (χ3v) is 5.97. The van der Waals surface area contributed by atoms with Gasteiger partial charge in [0.15, 0.2) is 0 Å². The summed E-state index contributed by atoms with van der Waals surface area (Å²) in [7, 11) is 0. The summed E-state index contributed by atoms with van der Waals surface area (Å²) in [5.74, 6) is 1.03. The van der Waals surface area contributed by atoms with Crippen molar-refractivity contribution >= 4 is 46.3 Å². The number of carbonyl (C=O) groups is 1. The van der Waals surface area contributed by atoms with E-state index in [1.165, 1.54) is 21.9 Å². The lowest BCUT2D eigenvalue weighted by molar-refractivity contribution is -0.118. The Kier molecular flexibility index (Phi) is 5.46. The molecule has 0 saturated carbocycles. The summed E-state index contributed by atoms with van der Waals surface area (Å²) in [5, 5.41) is 7.43. The van der Waals surface area contributed by atoms with E-state index >= 15 is 0 Å². The van der Waals surface area contributed by atoms with Crippen LogP contribution in [-0.2, 0) is 23.4 Å². The highest BCUT2D eigenvalue weighted by Gasteiger charge is 2.14. The van der Waals surface area contributed by atoms with Crippen LogP contribution in [0, 0.1) is 0 Å². The van der Waals surface area contributed by atoms with Gasteiger partial charge in [0.05, 0.1) is 12.0 Å². The van der Waals surface area contributed by atoms with E-state index in [0.29, 0.717) is 5.75 Å². The number of benzene rings is 3. The predicted octanol–water partition coefficient (Wildman–Crippen LogP) is 4.98. The molecule has 0 heterocycles. The largest absolute Gasteiger partial charge is 0.272 e. The van der Waals surface area contributed by atoms with E-state index in [-0.39, 0.29) is 5.91 Å². The van der Waals surface area contributed by atoms with E-state index < -0.39 is 0 Å². The SMILES string of the molecule is O=C(CSCc1ccc(Cl)cc1)N/N=C/c1ccc2c3c(cccc13)CC2. The summed E-state index contributed by atoms with van der Waals surface area (Å²) in [5.41, 5.74) is 7.61. The fourth-order valence-electron chi connectivity index (χ4n) is 3.43. The van der Waals surface area contributed by atoms with Crippen molar-refractivity contribution < 1.29 is 4.79 Å². The number of hydrogen-bond acceptors (Lipinski definition) is 3. The third kappa shape index (κ3) is 4.18. The van der Waals surface area contributed by atoms with Crippen molar-refractivity contribution in [3.63, 3.8) is 0 Å². The Hall–Kier alpha value is -2.30. The smallest absolute Gasteiger partial charge is 0.250 e. The second-order valence-electron chi connectivity index (χ2n) is 6.57. The molecule has 27 heavy (non-hydrogen) atoms. The fraction of sp³-hybridized carbons (Fsp3) is 0.182. The lowest BCUT2D eigenvalue weighted by Gasteiger charge is -2.05. The van der Waals surface area contributed by atoms with Gasteiger partial charge in [-0.25, -0.2) is 5.43 Å². The van der Waals surface area contributed by atoms with Crippen LogP contribution in [0.2, 0.25) is 5.02 Å². The average Bonchev–Trinajstić information content (AvgIpc) is 3.10. The molecule has 0 bridgehead atoms. The number of rotatable bonds is 6. The molecule has 0 radical (unpaired) electrons. The number of carbonyl (C=O) groups excluding carboxylic acids is 1. The van der Waals surface area contributed by atoms with Gasteiger partial charge in [0.1, 0.15) is 0 Å². The minimum absolute atomic E-state index is 0.101. The van der Waals surface area contributed by atoms with Crippen LogP contribution in [-0.4, -0.2) is 17.9 Å². The quantitative estimate of drug-likeness (QED) is 0.473. The predicted molar refractivity (Wildman–Crippen MR) is 115 cm³/mol. The highest BCUT2D eigenvalue weighted by atomic mass is 35.5. The van der Waals surface area contributed by atoms with Crippen molar-refractivity contribution in [3.05, 3.63) is 81.9 Å². The molecule has 5 heteroatoms. The Morgan fingerprint density at radius 3 is 2.67 bits per heavy atom. The number of thioether (sulfide) groups is 1. The maximum Gasteiger partial charge on any atom is 0.250 e. The van der Waals surface area contributed by atoms with E-state index in [9.17, 15) is 4.79 Å². The molecule has 0 saturated heterocycles. The molecule has 1 amide bonds. The standard InChI is InChI=1S/C22H19ClN2OS/c23-19-10-4-15(5-11-19)13-27-14-21(26)25-24-12-18-9-8-17-7-6-16-2-1-3-20(18)22(16)17/h1-5,8-12H,6-7,13-14H2,(H,25,26)/b24-12+. The first-order valence-electron chi connectivity index (χ1n) is 8.88. The second kappa shape index (κ2) is 8.15. The number of nitrogens with one attached hydrogen (secondary N) is 1. The Labute approximate surface area is 167 Å².